The van der Waals surface area contributed by atoms with Crippen molar-refractivity contribution in [3.63, 3.8) is 0 Å². The molecule has 0 N–H and O–H groups in total. The van der Waals surface area contributed by atoms with Gasteiger partial charge in [0.05, 0.1) is 24.2 Å². The van der Waals surface area contributed by atoms with Gasteiger partial charge in [-0.3, -0.25) is 9.67 Å². The molecule has 0 radical (unpaired) electrons. The Balaban J connectivity index is 1.58. The van der Waals surface area contributed by atoms with E-state index in [1.807, 2.05) is 30.2 Å². The average Bonchev–Trinajstić information content (AvgIpc) is 3.01. The van der Waals surface area contributed by atoms with E-state index in [1.54, 1.807) is 13.3 Å². The van der Waals surface area contributed by atoms with Crippen LogP contribution in [0.1, 0.15) is 18.5 Å². The van der Waals surface area contributed by atoms with Crippen LogP contribution in [0, 0.1) is 5.92 Å². The van der Waals surface area contributed by atoms with Crippen molar-refractivity contribution in [3.05, 3.63) is 30.4 Å². The molecule has 0 atom stereocenters. The smallest absolute Gasteiger partial charge is 0.107 e. The summed E-state index contributed by atoms with van der Waals surface area (Å²) in [6, 6.07) is 1.97. The molecule has 3 rings (SSSR count). The van der Waals surface area contributed by atoms with Gasteiger partial charge in [0.25, 0.3) is 0 Å². The summed E-state index contributed by atoms with van der Waals surface area (Å²) in [4.78, 5) is 11.6. The summed E-state index contributed by atoms with van der Waals surface area (Å²) >= 11 is 0. The maximum Gasteiger partial charge on any atom is 0.107 e. The quantitative estimate of drug-likeness (QED) is 0.813. The molecule has 0 unspecified atom stereocenters. The lowest BCUT2D eigenvalue weighted by Gasteiger charge is -2.31. The van der Waals surface area contributed by atoms with Gasteiger partial charge in [0.1, 0.15) is 5.69 Å². The lowest BCUT2D eigenvalue weighted by atomic mass is 9.92. The van der Waals surface area contributed by atoms with Gasteiger partial charge >= 0.3 is 0 Å². The average molecular weight is 315 g/mol. The molecule has 1 saturated heterocycles. The van der Waals surface area contributed by atoms with E-state index in [1.165, 1.54) is 12.8 Å². The van der Waals surface area contributed by atoms with Gasteiger partial charge < -0.3 is 9.64 Å². The van der Waals surface area contributed by atoms with Crippen molar-refractivity contribution in [1.82, 2.24) is 24.6 Å². The molecule has 1 fully saturated rings. The van der Waals surface area contributed by atoms with Crippen LogP contribution in [-0.2, 0) is 18.2 Å². The highest BCUT2D eigenvalue weighted by Crippen LogP contribution is 2.22. The van der Waals surface area contributed by atoms with Crippen molar-refractivity contribution >= 4 is 0 Å². The maximum atomic E-state index is 5.16. The number of ether oxygens (including phenoxy) is 1. The fraction of sp³-hybridized carbons (Fsp3) is 0.588. The first-order valence-electron chi connectivity index (χ1n) is 8.27. The van der Waals surface area contributed by atoms with Crippen molar-refractivity contribution in [2.24, 2.45) is 13.0 Å². The van der Waals surface area contributed by atoms with Crippen LogP contribution in [0.5, 0.6) is 0 Å². The van der Waals surface area contributed by atoms with Gasteiger partial charge in [0.2, 0.25) is 0 Å². The Morgan fingerprint density at radius 2 is 2.09 bits per heavy atom. The van der Waals surface area contributed by atoms with E-state index >= 15 is 0 Å². The summed E-state index contributed by atoms with van der Waals surface area (Å²) in [5, 5.41) is 4.20. The number of aromatic nitrogens is 4. The molecule has 0 aromatic carbocycles. The lowest BCUT2D eigenvalue weighted by Crippen LogP contribution is -2.36. The van der Waals surface area contributed by atoms with Crippen molar-refractivity contribution < 1.29 is 4.74 Å². The van der Waals surface area contributed by atoms with Crippen LogP contribution in [0.15, 0.2) is 24.7 Å². The largest absolute Gasteiger partial charge is 0.383 e. The SMILES string of the molecule is COCCN1CCC(Cc2cncc(-c3ccnn3C)n2)CC1. The molecule has 0 saturated carbocycles. The van der Waals surface area contributed by atoms with E-state index in [9.17, 15) is 0 Å². The summed E-state index contributed by atoms with van der Waals surface area (Å²) in [6.07, 6.45) is 8.96. The third-order valence-corrected chi connectivity index (χ3v) is 4.58. The number of piperidine rings is 1. The van der Waals surface area contributed by atoms with Crippen molar-refractivity contribution in [2.45, 2.75) is 19.3 Å². The molecule has 1 aliphatic heterocycles. The molecule has 0 aliphatic carbocycles. The molecular weight excluding hydrogens is 290 g/mol. The van der Waals surface area contributed by atoms with Gasteiger partial charge in [-0.15, -0.1) is 0 Å². The third-order valence-electron chi connectivity index (χ3n) is 4.58. The normalized spacial score (nSPS) is 16.8. The number of hydrogen-bond donors (Lipinski definition) is 0. The molecule has 0 bridgehead atoms. The van der Waals surface area contributed by atoms with E-state index in [0.717, 1.165) is 49.7 Å². The topological polar surface area (TPSA) is 56.1 Å². The van der Waals surface area contributed by atoms with E-state index in [-0.39, 0.29) is 0 Å². The number of aryl methyl sites for hydroxylation is 1. The van der Waals surface area contributed by atoms with Gasteiger partial charge in [-0.25, -0.2) is 4.98 Å². The molecule has 23 heavy (non-hydrogen) atoms. The summed E-state index contributed by atoms with van der Waals surface area (Å²) in [7, 11) is 3.69. The van der Waals surface area contributed by atoms with Gasteiger partial charge in [-0.2, -0.15) is 5.10 Å². The zero-order chi connectivity index (χ0) is 16.1. The molecule has 0 spiro atoms. The first-order chi connectivity index (χ1) is 11.3. The van der Waals surface area contributed by atoms with E-state index in [0.29, 0.717) is 5.92 Å². The lowest BCUT2D eigenvalue weighted by molar-refractivity contribution is 0.120. The van der Waals surface area contributed by atoms with Crippen molar-refractivity contribution in [1.29, 1.82) is 0 Å². The van der Waals surface area contributed by atoms with E-state index in [4.69, 9.17) is 9.72 Å². The monoisotopic (exact) mass is 315 g/mol. The Morgan fingerprint density at radius 3 is 2.78 bits per heavy atom. The van der Waals surface area contributed by atoms with Gasteiger partial charge in [0.15, 0.2) is 0 Å². The van der Waals surface area contributed by atoms with Crippen LogP contribution in [0.2, 0.25) is 0 Å². The molecule has 124 valence electrons. The van der Waals surface area contributed by atoms with Crippen molar-refractivity contribution in [2.75, 3.05) is 33.4 Å². The standard InChI is InChI=1S/C17H25N5O/c1-21-17(3-6-19-21)16-13-18-12-15(20-16)11-14-4-7-22(8-5-14)9-10-23-2/h3,6,12-14H,4-5,7-11H2,1-2H3. The maximum absolute atomic E-state index is 5.16. The van der Waals surface area contributed by atoms with Gasteiger partial charge in [-0.05, 0) is 44.3 Å². The third kappa shape index (κ3) is 4.14. The number of rotatable bonds is 6. The number of likely N-dealkylation sites (tertiary alicyclic amines) is 1. The predicted octanol–water partition coefficient (Wildman–Crippen LogP) is 1.78. The molecule has 1 aliphatic rings. The summed E-state index contributed by atoms with van der Waals surface area (Å²) < 4.78 is 6.99. The van der Waals surface area contributed by atoms with E-state index < -0.39 is 0 Å². The minimum absolute atomic E-state index is 0.699. The second-order valence-corrected chi connectivity index (χ2v) is 6.22. The van der Waals surface area contributed by atoms with Crippen LogP contribution in [-0.4, -0.2) is 58.0 Å². The minimum Gasteiger partial charge on any atom is -0.383 e. The summed E-state index contributed by atoms with van der Waals surface area (Å²) in [6.45, 7) is 4.17. The molecular formula is C17H25N5O. The van der Waals surface area contributed by atoms with Crippen LogP contribution in [0.3, 0.4) is 0 Å². The summed E-state index contributed by atoms with van der Waals surface area (Å²) in [5.41, 5.74) is 2.99. The van der Waals surface area contributed by atoms with Crippen LogP contribution < -0.4 is 0 Å². The second-order valence-electron chi connectivity index (χ2n) is 6.22. The molecule has 6 nitrogen and oxygen atoms in total. The molecule has 3 heterocycles. The number of hydrogen-bond acceptors (Lipinski definition) is 5. The van der Waals surface area contributed by atoms with Crippen LogP contribution >= 0.6 is 0 Å². The Hall–Kier alpha value is -1.79. The van der Waals surface area contributed by atoms with E-state index in [2.05, 4.69) is 15.0 Å². The Bertz CT molecular complexity index is 619. The fourth-order valence-electron chi connectivity index (χ4n) is 3.18. The highest BCUT2D eigenvalue weighted by atomic mass is 16.5. The van der Waals surface area contributed by atoms with Gasteiger partial charge in [0, 0.05) is 33.1 Å². The first-order valence-corrected chi connectivity index (χ1v) is 8.27. The molecule has 0 amide bonds. The Labute approximate surface area is 137 Å². The van der Waals surface area contributed by atoms with Crippen molar-refractivity contribution in [3.8, 4) is 11.4 Å². The molecule has 2 aromatic heterocycles. The molecule has 2 aromatic rings. The number of nitrogens with zero attached hydrogens (tertiary/aromatic N) is 5. The zero-order valence-electron chi connectivity index (χ0n) is 14.0. The zero-order valence-corrected chi connectivity index (χ0v) is 14.0. The second kappa shape index (κ2) is 7.66. The highest BCUT2D eigenvalue weighted by molar-refractivity contribution is 5.52. The fourth-order valence-corrected chi connectivity index (χ4v) is 3.18. The minimum atomic E-state index is 0.699. The van der Waals surface area contributed by atoms with Crippen LogP contribution in [0.4, 0.5) is 0 Å². The Morgan fingerprint density at radius 1 is 1.26 bits per heavy atom. The van der Waals surface area contributed by atoms with Crippen LogP contribution in [0.25, 0.3) is 11.4 Å². The summed E-state index contributed by atoms with van der Waals surface area (Å²) in [5.74, 6) is 0.699. The first kappa shape index (κ1) is 16.1. The predicted molar refractivity (Wildman–Crippen MR) is 89.0 cm³/mol. The highest BCUT2D eigenvalue weighted by Gasteiger charge is 2.20. The molecule has 6 heteroatoms. The van der Waals surface area contributed by atoms with Gasteiger partial charge in [-0.1, -0.05) is 0 Å². The number of methoxy groups -OCH3 is 1. The Kier molecular flexibility index (Phi) is 5.35.